The van der Waals surface area contributed by atoms with Gasteiger partial charge in [-0.2, -0.15) is 5.10 Å². The first-order chi connectivity index (χ1) is 15.1. The second-order valence-corrected chi connectivity index (χ2v) is 9.58. The third kappa shape index (κ3) is 4.40. The van der Waals surface area contributed by atoms with E-state index in [2.05, 4.69) is 29.3 Å². The number of rotatable bonds is 2. The summed E-state index contributed by atoms with van der Waals surface area (Å²) in [6, 6.07) is 8.19. The van der Waals surface area contributed by atoms with Gasteiger partial charge in [-0.25, -0.2) is 19.4 Å². The summed E-state index contributed by atoms with van der Waals surface area (Å²) in [5.41, 5.74) is 3.65. The summed E-state index contributed by atoms with van der Waals surface area (Å²) in [5.74, 6) is 1.62. The van der Waals surface area contributed by atoms with Crippen molar-refractivity contribution >= 4 is 22.9 Å². The Balaban J connectivity index is 1.68. The van der Waals surface area contributed by atoms with Crippen LogP contribution in [-0.2, 0) is 0 Å². The molecule has 1 aromatic carbocycles. The van der Waals surface area contributed by atoms with Crippen LogP contribution >= 0.6 is 0 Å². The monoisotopic (exact) mass is 435 g/mol. The maximum atomic E-state index is 12.7. The minimum atomic E-state index is -0.250. The maximum Gasteiger partial charge on any atom is 0.317 e. The van der Waals surface area contributed by atoms with Gasteiger partial charge < -0.3 is 15.1 Å². The molecule has 2 amide bonds. The average Bonchev–Trinajstić information content (AvgIpc) is 2.89. The Morgan fingerprint density at radius 3 is 2.47 bits per heavy atom. The van der Waals surface area contributed by atoms with Crippen LogP contribution in [0.25, 0.3) is 16.7 Å². The summed E-state index contributed by atoms with van der Waals surface area (Å²) in [5, 5.41) is 8.89. The molecule has 1 N–H and O–H groups in total. The highest BCUT2D eigenvalue weighted by molar-refractivity contribution is 5.91. The lowest BCUT2D eigenvalue weighted by molar-refractivity contribution is 0.192. The van der Waals surface area contributed by atoms with Crippen molar-refractivity contribution in [3.05, 3.63) is 41.3 Å². The van der Waals surface area contributed by atoms with Gasteiger partial charge in [-0.3, -0.25) is 0 Å². The molecule has 0 spiro atoms. The van der Waals surface area contributed by atoms with Crippen LogP contribution in [0.3, 0.4) is 0 Å². The number of urea groups is 1. The lowest BCUT2D eigenvalue weighted by Crippen LogP contribution is -2.49. The molecule has 0 saturated carbocycles. The number of anilines is 1. The third-order valence-corrected chi connectivity index (χ3v) is 5.70. The SMILES string of the molecule is Cc1nc(N2CCCN(C(=O)NC(C)(C)C)CC2)c2c(C)nn(-c3ccccc3C)c2n1. The van der Waals surface area contributed by atoms with E-state index in [-0.39, 0.29) is 11.6 Å². The molecule has 170 valence electrons. The van der Waals surface area contributed by atoms with Crippen molar-refractivity contribution < 1.29 is 4.79 Å². The Morgan fingerprint density at radius 2 is 1.75 bits per heavy atom. The van der Waals surface area contributed by atoms with Crippen LogP contribution in [0.4, 0.5) is 10.6 Å². The molecule has 2 aromatic heterocycles. The highest BCUT2D eigenvalue weighted by Gasteiger charge is 2.26. The smallest absolute Gasteiger partial charge is 0.317 e. The van der Waals surface area contributed by atoms with E-state index in [0.717, 1.165) is 59.9 Å². The van der Waals surface area contributed by atoms with Gasteiger partial charge in [0.15, 0.2) is 5.65 Å². The highest BCUT2D eigenvalue weighted by Crippen LogP contribution is 2.30. The van der Waals surface area contributed by atoms with Crippen LogP contribution in [0.1, 0.15) is 44.3 Å². The Morgan fingerprint density at radius 1 is 1.00 bits per heavy atom. The predicted octanol–water partition coefficient (Wildman–Crippen LogP) is 3.76. The largest absolute Gasteiger partial charge is 0.354 e. The summed E-state index contributed by atoms with van der Waals surface area (Å²) in [6.07, 6.45) is 0.882. The molecule has 1 fully saturated rings. The number of carbonyl (C=O) groups excluding carboxylic acids is 1. The molecule has 0 unspecified atom stereocenters. The number of aryl methyl sites for hydroxylation is 3. The second-order valence-electron chi connectivity index (χ2n) is 9.58. The number of nitrogens with one attached hydrogen (secondary N) is 1. The van der Waals surface area contributed by atoms with Crippen molar-refractivity contribution in [2.24, 2.45) is 0 Å². The van der Waals surface area contributed by atoms with Gasteiger partial charge in [-0.05, 0) is 59.6 Å². The molecule has 0 bridgehead atoms. The van der Waals surface area contributed by atoms with E-state index in [4.69, 9.17) is 15.1 Å². The van der Waals surface area contributed by atoms with Crippen LogP contribution in [0, 0.1) is 20.8 Å². The van der Waals surface area contributed by atoms with E-state index < -0.39 is 0 Å². The first kappa shape index (κ1) is 22.0. The normalized spacial score (nSPS) is 15.2. The quantitative estimate of drug-likeness (QED) is 0.663. The number of benzene rings is 1. The number of amides is 2. The van der Waals surface area contributed by atoms with Crippen molar-refractivity contribution in [1.29, 1.82) is 0 Å². The number of fused-ring (bicyclic) bond motifs is 1. The van der Waals surface area contributed by atoms with Crippen molar-refractivity contribution in [2.45, 2.75) is 53.5 Å². The number of aromatic nitrogens is 4. The fourth-order valence-corrected chi connectivity index (χ4v) is 4.20. The van der Waals surface area contributed by atoms with Crippen LogP contribution < -0.4 is 10.2 Å². The second kappa shape index (κ2) is 8.41. The van der Waals surface area contributed by atoms with Crippen molar-refractivity contribution in [2.75, 3.05) is 31.1 Å². The lowest BCUT2D eigenvalue weighted by Gasteiger charge is -2.28. The summed E-state index contributed by atoms with van der Waals surface area (Å²) in [4.78, 5) is 26.5. The molecule has 1 saturated heterocycles. The summed E-state index contributed by atoms with van der Waals surface area (Å²) in [6.45, 7) is 15.0. The summed E-state index contributed by atoms with van der Waals surface area (Å²) in [7, 11) is 0. The van der Waals surface area contributed by atoms with Gasteiger partial charge in [0.25, 0.3) is 0 Å². The molecule has 32 heavy (non-hydrogen) atoms. The van der Waals surface area contributed by atoms with Crippen molar-refractivity contribution in [3.8, 4) is 5.69 Å². The Hall–Kier alpha value is -3.16. The van der Waals surface area contributed by atoms with E-state index >= 15 is 0 Å². The first-order valence-corrected chi connectivity index (χ1v) is 11.3. The van der Waals surface area contributed by atoms with Crippen molar-refractivity contribution in [3.63, 3.8) is 0 Å². The molecule has 3 heterocycles. The number of para-hydroxylation sites is 1. The van der Waals surface area contributed by atoms with Gasteiger partial charge >= 0.3 is 6.03 Å². The van der Waals surface area contributed by atoms with Gasteiger partial charge in [0.05, 0.1) is 16.8 Å². The zero-order chi connectivity index (χ0) is 23.0. The van der Waals surface area contributed by atoms with Crippen LogP contribution in [0.5, 0.6) is 0 Å². The maximum absolute atomic E-state index is 12.7. The Labute approximate surface area is 189 Å². The molecule has 1 aliphatic heterocycles. The van der Waals surface area contributed by atoms with E-state index in [1.54, 1.807) is 0 Å². The Bertz CT molecular complexity index is 1150. The lowest BCUT2D eigenvalue weighted by atomic mass is 10.1. The fraction of sp³-hybridized carbons (Fsp3) is 0.500. The van der Waals surface area contributed by atoms with Crippen LogP contribution in [0.2, 0.25) is 0 Å². The van der Waals surface area contributed by atoms with E-state index in [9.17, 15) is 4.79 Å². The van der Waals surface area contributed by atoms with Crippen molar-refractivity contribution in [1.82, 2.24) is 30.0 Å². The highest BCUT2D eigenvalue weighted by atomic mass is 16.2. The molecule has 1 aliphatic rings. The van der Waals surface area contributed by atoms with Gasteiger partial charge in [-0.15, -0.1) is 0 Å². The Kier molecular flexibility index (Phi) is 5.79. The van der Waals surface area contributed by atoms with Crippen LogP contribution in [-0.4, -0.2) is 62.4 Å². The molecular formula is C24H33N7O. The van der Waals surface area contributed by atoms with Gasteiger partial charge in [0, 0.05) is 31.7 Å². The predicted molar refractivity (Wildman–Crippen MR) is 128 cm³/mol. The molecule has 0 aliphatic carbocycles. The minimum Gasteiger partial charge on any atom is -0.354 e. The van der Waals surface area contributed by atoms with Gasteiger partial charge in [-0.1, -0.05) is 18.2 Å². The molecule has 3 aromatic rings. The van der Waals surface area contributed by atoms with Gasteiger partial charge in [0.2, 0.25) is 0 Å². The van der Waals surface area contributed by atoms with Crippen LogP contribution in [0.15, 0.2) is 24.3 Å². The first-order valence-electron chi connectivity index (χ1n) is 11.3. The fourth-order valence-electron chi connectivity index (χ4n) is 4.20. The molecule has 8 heteroatoms. The third-order valence-electron chi connectivity index (χ3n) is 5.70. The molecule has 4 rings (SSSR count). The van der Waals surface area contributed by atoms with Gasteiger partial charge in [0.1, 0.15) is 11.6 Å². The molecule has 0 atom stereocenters. The number of carbonyl (C=O) groups is 1. The molecule has 8 nitrogen and oxygen atoms in total. The average molecular weight is 436 g/mol. The number of hydrogen-bond acceptors (Lipinski definition) is 5. The topological polar surface area (TPSA) is 79.2 Å². The molecular weight excluding hydrogens is 402 g/mol. The summed E-state index contributed by atoms with van der Waals surface area (Å²) < 4.78 is 1.93. The number of nitrogens with zero attached hydrogens (tertiary/aromatic N) is 6. The summed E-state index contributed by atoms with van der Waals surface area (Å²) >= 11 is 0. The van der Waals surface area contributed by atoms with E-state index in [0.29, 0.717) is 12.4 Å². The van der Waals surface area contributed by atoms with E-state index in [1.807, 2.05) is 56.3 Å². The zero-order valence-electron chi connectivity index (χ0n) is 19.9. The molecule has 0 radical (unpaired) electrons. The zero-order valence-corrected chi connectivity index (χ0v) is 19.9. The minimum absolute atomic E-state index is 0.00748. The number of hydrogen-bond donors (Lipinski definition) is 1. The standard InChI is InChI=1S/C24H33N7O/c1-16-10-7-8-11-19(16)31-22-20(17(2)28-31)21(25-18(3)26-22)29-12-9-13-30(15-14-29)23(32)27-24(4,5)6/h7-8,10-11H,9,12-15H2,1-6H3,(H,27,32). The van der Waals surface area contributed by atoms with E-state index in [1.165, 1.54) is 0 Å².